The molecule has 0 aliphatic rings. The summed E-state index contributed by atoms with van der Waals surface area (Å²) in [4.78, 5) is 12.2. The largest absolute Gasteiger partial charge is 0.380 e. The lowest BCUT2D eigenvalue weighted by atomic mass is 10.2. The molecule has 2 rings (SSSR count). The maximum absolute atomic E-state index is 11.1. The van der Waals surface area contributed by atoms with E-state index in [4.69, 9.17) is 4.74 Å². The number of anilines is 2. The SMILES string of the molecule is COCc1cccc(NCc2sccc2NC(C)=O)c1. The van der Waals surface area contributed by atoms with Crippen LogP contribution in [0.1, 0.15) is 17.4 Å². The van der Waals surface area contributed by atoms with Crippen molar-refractivity contribution in [2.24, 2.45) is 0 Å². The smallest absolute Gasteiger partial charge is 0.221 e. The van der Waals surface area contributed by atoms with Gasteiger partial charge in [0.25, 0.3) is 0 Å². The average Bonchev–Trinajstić information content (AvgIpc) is 2.84. The summed E-state index contributed by atoms with van der Waals surface area (Å²) < 4.78 is 5.12. The van der Waals surface area contributed by atoms with Crippen LogP contribution in [0.5, 0.6) is 0 Å². The summed E-state index contributed by atoms with van der Waals surface area (Å²) in [5, 5.41) is 8.17. The highest BCUT2D eigenvalue weighted by atomic mass is 32.1. The molecule has 0 aliphatic heterocycles. The molecule has 5 heteroatoms. The molecule has 106 valence electrons. The van der Waals surface area contributed by atoms with E-state index in [-0.39, 0.29) is 5.91 Å². The van der Waals surface area contributed by atoms with Crippen molar-refractivity contribution in [2.75, 3.05) is 17.7 Å². The fourth-order valence-electron chi connectivity index (χ4n) is 1.90. The number of rotatable bonds is 6. The van der Waals surface area contributed by atoms with E-state index in [1.165, 1.54) is 6.92 Å². The molecule has 1 heterocycles. The van der Waals surface area contributed by atoms with Gasteiger partial charge in [-0.15, -0.1) is 11.3 Å². The number of nitrogens with one attached hydrogen (secondary N) is 2. The highest BCUT2D eigenvalue weighted by Crippen LogP contribution is 2.23. The quantitative estimate of drug-likeness (QED) is 0.856. The molecule has 0 radical (unpaired) electrons. The summed E-state index contributed by atoms with van der Waals surface area (Å²) in [7, 11) is 1.69. The van der Waals surface area contributed by atoms with E-state index in [0.29, 0.717) is 13.2 Å². The molecule has 4 nitrogen and oxygen atoms in total. The van der Waals surface area contributed by atoms with Crippen LogP contribution in [0.2, 0.25) is 0 Å². The molecule has 1 amide bonds. The van der Waals surface area contributed by atoms with Crippen molar-refractivity contribution >= 4 is 28.6 Å². The third-order valence-corrected chi connectivity index (χ3v) is 3.67. The number of thiophene rings is 1. The highest BCUT2D eigenvalue weighted by Gasteiger charge is 2.05. The van der Waals surface area contributed by atoms with E-state index in [1.54, 1.807) is 18.4 Å². The third kappa shape index (κ3) is 4.08. The van der Waals surface area contributed by atoms with Gasteiger partial charge in [-0.25, -0.2) is 0 Å². The molecule has 0 saturated heterocycles. The van der Waals surface area contributed by atoms with E-state index >= 15 is 0 Å². The van der Waals surface area contributed by atoms with Gasteiger partial charge in [0.15, 0.2) is 0 Å². The zero-order chi connectivity index (χ0) is 14.4. The van der Waals surface area contributed by atoms with Gasteiger partial charge < -0.3 is 15.4 Å². The summed E-state index contributed by atoms with van der Waals surface area (Å²) >= 11 is 1.62. The van der Waals surface area contributed by atoms with Crippen LogP contribution in [0.25, 0.3) is 0 Å². The summed E-state index contributed by atoms with van der Waals surface area (Å²) in [5.41, 5.74) is 3.05. The summed E-state index contributed by atoms with van der Waals surface area (Å²) in [5.74, 6) is -0.0493. The van der Waals surface area contributed by atoms with Gasteiger partial charge >= 0.3 is 0 Å². The van der Waals surface area contributed by atoms with Crippen LogP contribution in [0, 0.1) is 0 Å². The Bertz CT molecular complexity index is 581. The first-order valence-electron chi connectivity index (χ1n) is 6.34. The number of methoxy groups -OCH3 is 1. The van der Waals surface area contributed by atoms with Crippen molar-refractivity contribution in [3.63, 3.8) is 0 Å². The number of benzene rings is 1. The molecule has 0 saturated carbocycles. The van der Waals surface area contributed by atoms with Crippen LogP contribution >= 0.6 is 11.3 Å². The number of hydrogen-bond donors (Lipinski definition) is 2. The fourth-order valence-corrected chi connectivity index (χ4v) is 2.67. The molecule has 0 aliphatic carbocycles. The second kappa shape index (κ2) is 7.07. The van der Waals surface area contributed by atoms with Gasteiger partial charge in [-0.2, -0.15) is 0 Å². The Labute approximate surface area is 122 Å². The molecule has 0 bridgehead atoms. The molecule has 0 atom stereocenters. The van der Waals surface area contributed by atoms with Crippen LogP contribution in [0.4, 0.5) is 11.4 Å². The Hall–Kier alpha value is -1.85. The van der Waals surface area contributed by atoms with Gasteiger partial charge in [0.1, 0.15) is 0 Å². The van der Waals surface area contributed by atoms with Gasteiger partial charge in [0.05, 0.1) is 18.8 Å². The lowest BCUT2D eigenvalue weighted by Gasteiger charge is -2.09. The molecule has 20 heavy (non-hydrogen) atoms. The van der Waals surface area contributed by atoms with Gasteiger partial charge in [-0.1, -0.05) is 12.1 Å². The molecule has 1 aromatic heterocycles. The van der Waals surface area contributed by atoms with Crippen LogP contribution in [0.3, 0.4) is 0 Å². The first kappa shape index (κ1) is 14.6. The zero-order valence-corrected chi connectivity index (χ0v) is 12.4. The first-order valence-corrected chi connectivity index (χ1v) is 7.22. The molecule has 0 spiro atoms. The summed E-state index contributed by atoms with van der Waals surface area (Å²) in [6.45, 7) is 2.80. The molecule has 0 unspecified atom stereocenters. The monoisotopic (exact) mass is 290 g/mol. The van der Waals surface area contributed by atoms with Crippen molar-refractivity contribution in [3.05, 3.63) is 46.2 Å². The molecule has 2 aromatic rings. The predicted octanol–water partition coefficient (Wildman–Crippen LogP) is 3.47. The van der Waals surface area contributed by atoms with E-state index < -0.39 is 0 Å². The van der Waals surface area contributed by atoms with Crippen molar-refractivity contribution in [1.82, 2.24) is 0 Å². The van der Waals surface area contributed by atoms with Gasteiger partial charge in [-0.05, 0) is 29.1 Å². The van der Waals surface area contributed by atoms with Crippen molar-refractivity contribution in [1.29, 1.82) is 0 Å². The van der Waals surface area contributed by atoms with E-state index in [0.717, 1.165) is 21.8 Å². The van der Waals surface area contributed by atoms with Gasteiger partial charge in [0, 0.05) is 24.6 Å². The van der Waals surface area contributed by atoms with Crippen LogP contribution < -0.4 is 10.6 Å². The number of ether oxygens (including phenoxy) is 1. The van der Waals surface area contributed by atoms with E-state index in [1.807, 2.05) is 29.6 Å². The van der Waals surface area contributed by atoms with E-state index in [2.05, 4.69) is 16.7 Å². The minimum Gasteiger partial charge on any atom is -0.380 e. The number of carbonyl (C=O) groups excluding carboxylic acids is 1. The summed E-state index contributed by atoms with van der Waals surface area (Å²) in [6.07, 6.45) is 0. The maximum Gasteiger partial charge on any atom is 0.221 e. The second-order valence-corrected chi connectivity index (χ2v) is 5.43. The highest BCUT2D eigenvalue weighted by molar-refractivity contribution is 7.10. The Balaban J connectivity index is 2.00. The summed E-state index contributed by atoms with van der Waals surface area (Å²) in [6, 6.07) is 10.0. The maximum atomic E-state index is 11.1. The molecular formula is C15H18N2O2S. The minimum absolute atomic E-state index is 0.0493. The topological polar surface area (TPSA) is 50.4 Å². The van der Waals surface area contributed by atoms with Crippen molar-refractivity contribution in [2.45, 2.75) is 20.1 Å². The fraction of sp³-hybridized carbons (Fsp3) is 0.267. The molecular weight excluding hydrogens is 272 g/mol. The Morgan fingerprint density at radius 1 is 1.35 bits per heavy atom. The zero-order valence-electron chi connectivity index (χ0n) is 11.6. The number of amides is 1. The van der Waals surface area contributed by atoms with Gasteiger partial charge in [-0.3, -0.25) is 4.79 Å². The average molecular weight is 290 g/mol. The van der Waals surface area contributed by atoms with Crippen LogP contribution in [-0.2, 0) is 22.7 Å². The third-order valence-electron chi connectivity index (χ3n) is 2.75. The molecule has 2 N–H and O–H groups in total. The number of carbonyl (C=O) groups is 1. The molecule has 1 aromatic carbocycles. The van der Waals surface area contributed by atoms with Crippen LogP contribution in [-0.4, -0.2) is 13.0 Å². The standard InChI is InChI=1S/C15H18N2O2S/c1-11(18)17-14-6-7-20-15(14)9-16-13-5-3-4-12(8-13)10-19-2/h3-8,16H,9-10H2,1-2H3,(H,17,18). The lowest BCUT2D eigenvalue weighted by molar-refractivity contribution is -0.114. The minimum atomic E-state index is -0.0493. The molecule has 0 fully saturated rings. The Kier molecular flexibility index (Phi) is 5.15. The van der Waals surface area contributed by atoms with Crippen LogP contribution in [0.15, 0.2) is 35.7 Å². The number of hydrogen-bond acceptors (Lipinski definition) is 4. The second-order valence-electron chi connectivity index (χ2n) is 4.43. The predicted molar refractivity (Wildman–Crippen MR) is 83.1 cm³/mol. The van der Waals surface area contributed by atoms with Gasteiger partial charge in [0.2, 0.25) is 5.91 Å². The lowest BCUT2D eigenvalue weighted by Crippen LogP contribution is -2.08. The van der Waals surface area contributed by atoms with Crippen molar-refractivity contribution in [3.8, 4) is 0 Å². The normalized spacial score (nSPS) is 10.3. The Morgan fingerprint density at radius 3 is 2.95 bits per heavy atom. The van der Waals surface area contributed by atoms with Crippen molar-refractivity contribution < 1.29 is 9.53 Å². The Morgan fingerprint density at radius 2 is 2.20 bits per heavy atom. The first-order chi connectivity index (χ1) is 9.69. The van der Waals surface area contributed by atoms with E-state index in [9.17, 15) is 4.79 Å².